The van der Waals surface area contributed by atoms with E-state index in [1.165, 1.54) is 44.8 Å². The molecule has 0 aliphatic rings. The summed E-state index contributed by atoms with van der Waals surface area (Å²) in [7, 11) is 0. The average Bonchev–Trinajstić information content (AvgIpc) is 2.66. The van der Waals surface area contributed by atoms with Crippen molar-refractivity contribution in [3.63, 3.8) is 0 Å². The van der Waals surface area contributed by atoms with Gasteiger partial charge in [0.25, 0.3) is 0 Å². The molecule has 0 fully saturated rings. The molecule has 0 saturated heterocycles. The Balaban J connectivity index is -0.000000130. The van der Waals surface area contributed by atoms with E-state index in [2.05, 4.69) is 49.0 Å². The predicted octanol–water partition coefficient (Wildman–Crippen LogP) is 5.73. The van der Waals surface area contributed by atoms with Crippen molar-refractivity contribution in [2.45, 2.75) is 92.9 Å². The lowest BCUT2D eigenvalue weighted by atomic mass is 10.2. The third-order valence-electron chi connectivity index (χ3n) is 2.88. The minimum absolute atomic E-state index is 0.348. The number of hydrogen-bond donors (Lipinski definition) is 3. The summed E-state index contributed by atoms with van der Waals surface area (Å²) in [4.78, 5) is 4.10. The van der Waals surface area contributed by atoms with E-state index >= 15 is 0 Å². The summed E-state index contributed by atoms with van der Waals surface area (Å²) in [5.74, 6) is 4.63. The summed E-state index contributed by atoms with van der Waals surface area (Å²) in [5.41, 5.74) is 0. The lowest BCUT2D eigenvalue weighted by molar-refractivity contribution is 0.260. The molecule has 0 spiro atoms. The molecule has 4 N–H and O–H groups in total. The highest BCUT2D eigenvalue weighted by molar-refractivity contribution is 4.75. The maximum Gasteiger partial charge on any atom is 0.106 e. The molecule has 4 heteroatoms. The van der Waals surface area contributed by atoms with Crippen LogP contribution in [0.3, 0.4) is 0 Å². The van der Waals surface area contributed by atoms with Gasteiger partial charge in [0.05, 0.1) is 0 Å². The van der Waals surface area contributed by atoms with Gasteiger partial charge in [0.2, 0.25) is 0 Å². The molecule has 0 radical (unpaired) electrons. The molecule has 0 aliphatic carbocycles. The molecule has 0 atom stereocenters. The highest BCUT2D eigenvalue weighted by Crippen LogP contribution is 1.97. The van der Waals surface area contributed by atoms with Crippen LogP contribution in [0.25, 0.3) is 0 Å². The SMILES string of the molecule is C/C=C/CCCC.CC.CC/C=C/ON.CCNCCCCCCO. The number of unbranched alkanes of at least 4 members (excludes halogenated alkanes) is 5. The van der Waals surface area contributed by atoms with Crippen LogP contribution in [0.1, 0.15) is 92.9 Å². The van der Waals surface area contributed by atoms with Gasteiger partial charge in [0.1, 0.15) is 6.26 Å². The van der Waals surface area contributed by atoms with Crippen LogP contribution in [0.15, 0.2) is 24.5 Å². The third kappa shape index (κ3) is 59.9. The average molecular weight is 361 g/mol. The number of rotatable bonds is 12. The molecule has 0 unspecified atom stereocenters. The van der Waals surface area contributed by atoms with Gasteiger partial charge in [-0.2, -0.15) is 5.90 Å². The van der Waals surface area contributed by atoms with E-state index in [4.69, 9.17) is 5.11 Å². The molecular formula is C21H48N2O2. The normalized spacial score (nSPS) is 9.60. The quantitative estimate of drug-likeness (QED) is 0.180. The Bertz CT molecular complexity index is 206. The molecular weight excluding hydrogens is 312 g/mol. The molecule has 25 heavy (non-hydrogen) atoms. The van der Waals surface area contributed by atoms with Crippen molar-refractivity contribution in [1.29, 1.82) is 0 Å². The fraction of sp³-hybridized carbons (Fsp3) is 0.810. The van der Waals surface area contributed by atoms with Crippen molar-refractivity contribution in [2.24, 2.45) is 5.90 Å². The van der Waals surface area contributed by atoms with E-state index in [0.717, 1.165) is 25.9 Å². The first kappa shape index (κ1) is 31.9. The molecule has 0 aromatic rings. The van der Waals surface area contributed by atoms with Crippen molar-refractivity contribution in [1.82, 2.24) is 5.32 Å². The van der Waals surface area contributed by atoms with Gasteiger partial charge in [-0.15, -0.1) is 0 Å². The Kier molecular flexibility index (Phi) is 55.5. The Labute approximate surface area is 158 Å². The standard InChI is InChI=1S/C8H19NO.C7H14.C4H9NO.C2H6/c1-2-9-7-5-3-4-6-8-10;1-3-5-7-6-4-2;1-2-3-4-6-5;1-2/h9-10H,2-8H2,1H3;3,5H,4,6-7H2,1-2H3;3-4H,2,5H2,1H3;1-2H3/b;5-3+;4-3+;. The molecule has 4 nitrogen and oxygen atoms in total. The van der Waals surface area contributed by atoms with Crippen molar-refractivity contribution < 1.29 is 9.94 Å². The van der Waals surface area contributed by atoms with Crippen LogP contribution in [-0.2, 0) is 4.84 Å². The maximum absolute atomic E-state index is 8.45. The Hall–Kier alpha value is -0.840. The van der Waals surface area contributed by atoms with Crippen LogP contribution >= 0.6 is 0 Å². The van der Waals surface area contributed by atoms with Gasteiger partial charge < -0.3 is 15.3 Å². The monoisotopic (exact) mass is 360 g/mol. The van der Waals surface area contributed by atoms with Crippen LogP contribution in [0, 0.1) is 0 Å². The lowest BCUT2D eigenvalue weighted by Crippen LogP contribution is -2.13. The minimum Gasteiger partial charge on any atom is -0.420 e. The summed E-state index contributed by atoms with van der Waals surface area (Å²) < 4.78 is 0. The van der Waals surface area contributed by atoms with Gasteiger partial charge in [-0.1, -0.05) is 72.5 Å². The largest absolute Gasteiger partial charge is 0.420 e. The summed E-state index contributed by atoms with van der Waals surface area (Å²) in [6, 6.07) is 0. The number of aliphatic hydroxyl groups excluding tert-OH is 1. The first-order valence-electron chi connectivity index (χ1n) is 10.2. The number of hydrogen-bond acceptors (Lipinski definition) is 4. The van der Waals surface area contributed by atoms with Crippen LogP contribution in [0.4, 0.5) is 0 Å². The van der Waals surface area contributed by atoms with Gasteiger partial charge in [-0.25, -0.2) is 0 Å². The van der Waals surface area contributed by atoms with E-state index in [0.29, 0.717) is 6.61 Å². The lowest BCUT2D eigenvalue weighted by Gasteiger charge is -1.99. The summed E-state index contributed by atoms with van der Waals surface area (Å²) in [5, 5.41) is 11.7. The van der Waals surface area contributed by atoms with Gasteiger partial charge in [-0.3, -0.25) is 0 Å². The second-order valence-corrected chi connectivity index (χ2v) is 5.12. The smallest absolute Gasteiger partial charge is 0.106 e. The maximum atomic E-state index is 8.45. The van der Waals surface area contributed by atoms with Crippen molar-refractivity contribution in [2.75, 3.05) is 19.7 Å². The van der Waals surface area contributed by atoms with Crippen molar-refractivity contribution in [3.8, 4) is 0 Å². The fourth-order valence-corrected chi connectivity index (χ4v) is 1.53. The summed E-state index contributed by atoms with van der Waals surface area (Å²) in [6.07, 6.45) is 17.1. The zero-order valence-electron chi connectivity index (χ0n) is 18.0. The van der Waals surface area contributed by atoms with Gasteiger partial charge in [-0.05, 0) is 51.8 Å². The first-order chi connectivity index (χ1) is 12.2. The van der Waals surface area contributed by atoms with Gasteiger partial charge in [0.15, 0.2) is 0 Å². The second kappa shape index (κ2) is 43.6. The molecule has 0 aromatic heterocycles. The first-order valence-corrected chi connectivity index (χ1v) is 10.2. The van der Waals surface area contributed by atoms with Crippen LogP contribution in [0.5, 0.6) is 0 Å². The fourth-order valence-electron chi connectivity index (χ4n) is 1.53. The molecule has 0 saturated carbocycles. The van der Waals surface area contributed by atoms with E-state index in [1.54, 1.807) is 0 Å². The van der Waals surface area contributed by atoms with Crippen molar-refractivity contribution >= 4 is 0 Å². The molecule has 0 rings (SSSR count). The Morgan fingerprint density at radius 3 is 2.00 bits per heavy atom. The molecule has 0 heterocycles. The predicted molar refractivity (Wildman–Crippen MR) is 114 cm³/mol. The van der Waals surface area contributed by atoms with Gasteiger partial charge in [0, 0.05) is 6.61 Å². The zero-order chi connectivity index (χ0) is 20.0. The number of nitrogens with two attached hydrogens (primary N) is 1. The van der Waals surface area contributed by atoms with E-state index in [-0.39, 0.29) is 0 Å². The third-order valence-corrected chi connectivity index (χ3v) is 2.88. The van der Waals surface area contributed by atoms with Crippen LogP contribution in [0.2, 0.25) is 0 Å². The summed E-state index contributed by atoms with van der Waals surface area (Å²) in [6.45, 7) is 14.9. The molecule has 0 aliphatic heterocycles. The summed E-state index contributed by atoms with van der Waals surface area (Å²) >= 11 is 0. The second-order valence-electron chi connectivity index (χ2n) is 5.12. The highest BCUT2D eigenvalue weighted by atomic mass is 16.6. The van der Waals surface area contributed by atoms with E-state index in [1.807, 2.05) is 26.8 Å². The van der Waals surface area contributed by atoms with E-state index < -0.39 is 0 Å². The molecule has 0 bridgehead atoms. The van der Waals surface area contributed by atoms with Crippen LogP contribution in [-0.4, -0.2) is 24.8 Å². The topological polar surface area (TPSA) is 67.5 Å². The van der Waals surface area contributed by atoms with Gasteiger partial charge >= 0.3 is 0 Å². The van der Waals surface area contributed by atoms with Crippen LogP contribution < -0.4 is 11.2 Å². The number of allylic oxidation sites excluding steroid dienone is 3. The van der Waals surface area contributed by atoms with Crippen molar-refractivity contribution in [3.05, 3.63) is 24.5 Å². The Morgan fingerprint density at radius 1 is 0.960 bits per heavy atom. The minimum atomic E-state index is 0.348. The van der Waals surface area contributed by atoms with E-state index in [9.17, 15) is 0 Å². The molecule has 0 aromatic carbocycles. The highest BCUT2D eigenvalue weighted by Gasteiger charge is 1.87. The molecule has 154 valence electrons. The number of nitrogens with one attached hydrogen (secondary N) is 1. The number of aliphatic hydroxyl groups is 1. The zero-order valence-corrected chi connectivity index (χ0v) is 18.0. The molecule has 0 amide bonds. The Morgan fingerprint density at radius 2 is 1.60 bits per heavy atom.